The van der Waals surface area contributed by atoms with Gasteiger partial charge in [0.25, 0.3) is 0 Å². The lowest BCUT2D eigenvalue weighted by molar-refractivity contribution is 0.584. The first kappa shape index (κ1) is 14.3. The van der Waals surface area contributed by atoms with Crippen molar-refractivity contribution >= 4 is 34.6 Å². The first-order valence-electron chi connectivity index (χ1n) is 6.89. The molecule has 2 N–H and O–H groups in total. The highest BCUT2D eigenvalue weighted by molar-refractivity contribution is 6.32. The van der Waals surface area contributed by atoms with Crippen molar-refractivity contribution in [2.75, 3.05) is 11.9 Å². The molecule has 21 heavy (non-hydrogen) atoms. The van der Waals surface area contributed by atoms with E-state index >= 15 is 0 Å². The highest BCUT2D eigenvalue weighted by Crippen LogP contribution is 2.33. The van der Waals surface area contributed by atoms with Crippen LogP contribution in [-0.2, 0) is 0 Å². The van der Waals surface area contributed by atoms with E-state index in [9.17, 15) is 0 Å². The van der Waals surface area contributed by atoms with Gasteiger partial charge in [-0.25, -0.2) is 0 Å². The van der Waals surface area contributed by atoms with Crippen molar-refractivity contribution in [2.45, 2.75) is 12.5 Å². The van der Waals surface area contributed by atoms with Gasteiger partial charge >= 0.3 is 0 Å². The smallest absolute Gasteiger partial charge is 0.0551 e. The summed E-state index contributed by atoms with van der Waals surface area (Å²) in [7, 11) is 0. The zero-order valence-electron chi connectivity index (χ0n) is 11.5. The molecule has 3 rings (SSSR count). The third-order valence-electron chi connectivity index (χ3n) is 3.69. The van der Waals surface area contributed by atoms with Crippen LogP contribution in [0.15, 0.2) is 49.0 Å². The van der Waals surface area contributed by atoms with Crippen molar-refractivity contribution < 1.29 is 0 Å². The number of benzene rings is 2. The van der Waals surface area contributed by atoms with Crippen molar-refractivity contribution in [3.8, 4) is 0 Å². The number of hydrogen-bond acceptors (Lipinski definition) is 2. The predicted molar refractivity (Wildman–Crippen MR) is 90.9 cm³/mol. The van der Waals surface area contributed by atoms with E-state index in [0.717, 1.165) is 34.9 Å². The minimum absolute atomic E-state index is 0.210. The second-order valence-corrected chi connectivity index (χ2v) is 5.95. The Kier molecular flexibility index (Phi) is 4.09. The van der Waals surface area contributed by atoms with Crippen LogP contribution in [-0.4, -0.2) is 6.54 Å². The Bertz CT molecular complexity index is 682. The Morgan fingerprint density at radius 2 is 2.00 bits per heavy atom. The first-order chi connectivity index (χ1) is 10.1. The minimum atomic E-state index is 0.210. The van der Waals surface area contributed by atoms with Gasteiger partial charge in [0.1, 0.15) is 0 Å². The van der Waals surface area contributed by atoms with Gasteiger partial charge < -0.3 is 10.6 Å². The maximum absolute atomic E-state index is 6.23. The maximum Gasteiger partial charge on any atom is 0.0551 e. The molecule has 0 amide bonds. The van der Waals surface area contributed by atoms with E-state index in [1.807, 2.05) is 36.4 Å². The fourth-order valence-corrected chi connectivity index (χ4v) is 3.06. The monoisotopic (exact) mass is 318 g/mol. The quantitative estimate of drug-likeness (QED) is 0.821. The second kappa shape index (κ2) is 6.00. The Hall–Kier alpha value is -1.64. The third kappa shape index (κ3) is 3.02. The molecule has 4 heteroatoms. The Morgan fingerprint density at radius 1 is 1.19 bits per heavy atom. The fraction of sp³-hybridized carbons (Fsp3) is 0.176. The molecular formula is C17H16Cl2N2. The zero-order valence-corrected chi connectivity index (χ0v) is 13.0. The van der Waals surface area contributed by atoms with E-state index in [4.69, 9.17) is 23.2 Å². The second-order valence-electron chi connectivity index (χ2n) is 5.10. The molecule has 1 aliphatic heterocycles. The number of hydrogen-bond donors (Lipinski definition) is 2. The summed E-state index contributed by atoms with van der Waals surface area (Å²) in [5.74, 6) is 0. The molecule has 0 saturated heterocycles. The van der Waals surface area contributed by atoms with Crippen LogP contribution in [0.3, 0.4) is 0 Å². The standard InChI is InChI=1S/C17H16Cl2N2/c1-11(13-4-2-3-5-15(13)19)21-16-8-9-20-17-10-12(18)6-7-14(16)17/h2-7,10,16,20-21H,1,8-9H2. The predicted octanol–water partition coefficient (Wildman–Crippen LogP) is 5.11. The molecule has 0 aliphatic carbocycles. The third-order valence-corrected chi connectivity index (χ3v) is 4.25. The summed E-state index contributed by atoms with van der Waals surface area (Å²) in [5.41, 5.74) is 4.07. The fourth-order valence-electron chi connectivity index (χ4n) is 2.64. The maximum atomic E-state index is 6.23. The van der Waals surface area contributed by atoms with Crippen molar-refractivity contribution in [2.24, 2.45) is 0 Å². The molecule has 1 heterocycles. The Balaban J connectivity index is 1.84. The minimum Gasteiger partial charge on any atom is -0.385 e. The molecule has 1 unspecified atom stereocenters. The van der Waals surface area contributed by atoms with Crippen molar-refractivity contribution in [3.05, 3.63) is 70.2 Å². The molecule has 0 aromatic heterocycles. The largest absolute Gasteiger partial charge is 0.385 e. The van der Waals surface area contributed by atoms with Crippen LogP contribution in [0.2, 0.25) is 10.0 Å². The number of nitrogens with one attached hydrogen (secondary N) is 2. The summed E-state index contributed by atoms with van der Waals surface area (Å²) in [6.45, 7) is 5.03. The van der Waals surface area contributed by atoms with E-state index in [0.29, 0.717) is 5.02 Å². The number of anilines is 1. The van der Waals surface area contributed by atoms with Crippen LogP contribution >= 0.6 is 23.2 Å². The molecule has 0 bridgehead atoms. The van der Waals surface area contributed by atoms with Gasteiger partial charge in [-0.05, 0) is 30.2 Å². The van der Waals surface area contributed by atoms with Crippen molar-refractivity contribution in [1.82, 2.24) is 5.32 Å². The summed E-state index contributed by atoms with van der Waals surface area (Å²) in [4.78, 5) is 0. The summed E-state index contributed by atoms with van der Waals surface area (Å²) in [5, 5.41) is 8.32. The van der Waals surface area contributed by atoms with Gasteiger partial charge in [-0.3, -0.25) is 0 Å². The molecule has 0 saturated carbocycles. The Morgan fingerprint density at radius 3 is 2.81 bits per heavy atom. The molecule has 108 valence electrons. The highest BCUT2D eigenvalue weighted by Gasteiger charge is 2.21. The van der Waals surface area contributed by atoms with E-state index in [1.165, 1.54) is 5.56 Å². The SMILES string of the molecule is C=C(NC1CCNc2cc(Cl)ccc21)c1ccccc1Cl. The number of rotatable bonds is 3. The van der Waals surface area contributed by atoms with E-state index < -0.39 is 0 Å². The molecule has 2 nitrogen and oxygen atoms in total. The van der Waals surface area contributed by atoms with Crippen LogP contribution in [0.4, 0.5) is 5.69 Å². The van der Waals surface area contributed by atoms with Crippen LogP contribution in [0.5, 0.6) is 0 Å². The van der Waals surface area contributed by atoms with Gasteiger partial charge in [-0.15, -0.1) is 0 Å². The molecule has 2 aromatic rings. The van der Waals surface area contributed by atoms with Gasteiger partial charge in [0.2, 0.25) is 0 Å². The lowest BCUT2D eigenvalue weighted by atomic mass is 9.97. The normalized spacial score (nSPS) is 16.8. The number of halogens is 2. The Labute approximate surface area is 134 Å². The summed E-state index contributed by atoms with van der Waals surface area (Å²) < 4.78 is 0. The summed E-state index contributed by atoms with van der Waals surface area (Å²) in [6, 6.07) is 13.9. The lowest BCUT2D eigenvalue weighted by Gasteiger charge is -2.29. The van der Waals surface area contributed by atoms with E-state index in [1.54, 1.807) is 0 Å². The molecule has 0 spiro atoms. The van der Waals surface area contributed by atoms with Gasteiger partial charge in [-0.1, -0.05) is 54.0 Å². The van der Waals surface area contributed by atoms with Crippen LogP contribution in [0, 0.1) is 0 Å². The van der Waals surface area contributed by atoms with Crippen LogP contribution in [0.25, 0.3) is 5.70 Å². The summed E-state index contributed by atoms with van der Waals surface area (Å²) in [6.07, 6.45) is 0.984. The average Bonchev–Trinajstić information content (AvgIpc) is 2.47. The van der Waals surface area contributed by atoms with Gasteiger partial charge in [0.05, 0.1) is 6.04 Å². The number of fused-ring (bicyclic) bond motifs is 1. The zero-order chi connectivity index (χ0) is 14.8. The van der Waals surface area contributed by atoms with Crippen molar-refractivity contribution in [1.29, 1.82) is 0 Å². The molecule has 0 fully saturated rings. The molecule has 1 aliphatic rings. The first-order valence-corrected chi connectivity index (χ1v) is 7.64. The molecule has 1 atom stereocenters. The van der Waals surface area contributed by atoms with Crippen molar-refractivity contribution in [3.63, 3.8) is 0 Å². The van der Waals surface area contributed by atoms with E-state index in [-0.39, 0.29) is 6.04 Å². The van der Waals surface area contributed by atoms with E-state index in [2.05, 4.69) is 23.3 Å². The molecular weight excluding hydrogens is 303 g/mol. The van der Waals surface area contributed by atoms with Crippen LogP contribution in [0.1, 0.15) is 23.6 Å². The average molecular weight is 319 g/mol. The topological polar surface area (TPSA) is 24.1 Å². The van der Waals surface area contributed by atoms with Gasteiger partial charge in [0.15, 0.2) is 0 Å². The highest BCUT2D eigenvalue weighted by atomic mass is 35.5. The molecule has 2 aromatic carbocycles. The molecule has 0 radical (unpaired) electrons. The van der Waals surface area contributed by atoms with Gasteiger partial charge in [-0.2, -0.15) is 0 Å². The summed E-state index contributed by atoms with van der Waals surface area (Å²) >= 11 is 12.3. The van der Waals surface area contributed by atoms with Gasteiger partial charge in [0, 0.05) is 33.5 Å². The lowest BCUT2D eigenvalue weighted by Crippen LogP contribution is -2.27. The van der Waals surface area contributed by atoms with Crippen LogP contribution < -0.4 is 10.6 Å².